The Bertz CT molecular complexity index is 932. The van der Waals surface area contributed by atoms with Gasteiger partial charge in [-0.15, -0.1) is 0 Å². The van der Waals surface area contributed by atoms with Gasteiger partial charge in [-0.25, -0.2) is 9.78 Å². The number of carbonyl (C=O) groups is 1. The van der Waals surface area contributed by atoms with Gasteiger partial charge in [0.05, 0.1) is 36.4 Å². The van der Waals surface area contributed by atoms with Crippen LogP contribution in [0.3, 0.4) is 0 Å². The molecule has 7 heteroatoms. The summed E-state index contributed by atoms with van der Waals surface area (Å²) in [6.07, 6.45) is 1.57. The molecule has 2 aromatic heterocycles. The third-order valence-electron chi connectivity index (χ3n) is 3.51. The Balaban J connectivity index is 2.16. The highest BCUT2D eigenvalue weighted by atomic mass is 32.2. The minimum absolute atomic E-state index is 0.163. The molecule has 6 nitrogen and oxygen atoms in total. The Hall–Kier alpha value is -2.54. The van der Waals surface area contributed by atoms with E-state index in [0.717, 1.165) is 5.75 Å². The molecule has 0 aliphatic carbocycles. The van der Waals surface area contributed by atoms with Gasteiger partial charge in [0.2, 0.25) is 0 Å². The van der Waals surface area contributed by atoms with Crippen LogP contribution in [0.5, 0.6) is 0 Å². The van der Waals surface area contributed by atoms with Crippen LogP contribution in [0.1, 0.15) is 23.0 Å². The Morgan fingerprint density at radius 2 is 2.21 bits per heavy atom. The summed E-state index contributed by atoms with van der Waals surface area (Å²) >= 11 is 1.47. The molecule has 1 aromatic carbocycles. The Kier molecular flexibility index (Phi) is 4.71. The molecule has 0 fully saturated rings. The standard InChI is InChI=1S/C17H16N2O4S/c1-3-24-17-18-14-9-11(16(21)22-2)6-7-13(14)15(20)19(17)10-12-5-4-8-23-12/h4-9H,3,10H2,1-2H3. The van der Waals surface area contributed by atoms with Crippen molar-refractivity contribution in [2.45, 2.75) is 18.6 Å². The summed E-state index contributed by atoms with van der Waals surface area (Å²) in [5.74, 6) is 0.998. The molecule has 0 aliphatic heterocycles. The number of ether oxygens (including phenoxy) is 1. The summed E-state index contributed by atoms with van der Waals surface area (Å²) in [5.41, 5.74) is 0.687. The molecule has 0 unspecified atom stereocenters. The quantitative estimate of drug-likeness (QED) is 0.402. The zero-order valence-corrected chi connectivity index (χ0v) is 14.1. The van der Waals surface area contributed by atoms with Gasteiger partial charge in [0, 0.05) is 0 Å². The number of thioether (sulfide) groups is 1. The van der Waals surface area contributed by atoms with E-state index in [2.05, 4.69) is 4.98 Å². The highest BCUT2D eigenvalue weighted by Gasteiger charge is 2.15. The number of carbonyl (C=O) groups excluding carboxylic acids is 1. The van der Waals surface area contributed by atoms with E-state index in [1.54, 1.807) is 35.1 Å². The number of furan rings is 1. The zero-order chi connectivity index (χ0) is 17.1. The number of fused-ring (bicyclic) bond motifs is 1. The molecule has 0 spiro atoms. The zero-order valence-electron chi connectivity index (χ0n) is 13.3. The van der Waals surface area contributed by atoms with E-state index in [0.29, 0.717) is 33.9 Å². The van der Waals surface area contributed by atoms with Crippen molar-refractivity contribution in [1.82, 2.24) is 9.55 Å². The first-order valence-corrected chi connectivity index (χ1v) is 8.40. The molecular weight excluding hydrogens is 328 g/mol. The van der Waals surface area contributed by atoms with Crippen molar-refractivity contribution in [3.63, 3.8) is 0 Å². The van der Waals surface area contributed by atoms with Crippen LogP contribution < -0.4 is 5.56 Å². The monoisotopic (exact) mass is 344 g/mol. The highest BCUT2D eigenvalue weighted by Crippen LogP contribution is 2.20. The molecule has 0 aliphatic rings. The second-order valence-electron chi connectivity index (χ2n) is 5.02. The Morgan fingerprint density at radius 1 is 1.38 bits per heavy atom. The predicted octanol–water partition coefficient (Wildman–Crippen LogP) is 2.94. The van der Waals surface area contributed by atoms with E-state index in [9.17, 15) is 9.59 Å². The van der Waals surface area contributed by atoms with Gasteiger partial charge >= 0.3 is 5.97 Å². The van der Waals surface area contributed by atoms with Crippen molar-refractivity contribution >= 4 is 28.6 Å². The second-order valence-corrected chi connectivity index (χ2v) is 6.25. The molecular formula is C17H16N2O4S. The molecule has 24 heavy (non-hydrogen) atoms. The fourth-order valence-corrected chi connectivity index (χ4v) is 3.11. The van der Waals surface area contributed by atoms with Crippen molar-refractivity contribution in [2.75, 3.05) is 12.9 Å². The molecule has 0 N–H and O–H groups in total. The average molecular weight is 344 g/mol. The maximum absolute atomic E-state index is 12.9. The molecule has 3 aromatic rings. The van der Waals surface area contributed by atoms with Gasteiger partial charge in [0.25, 0.3) is 5.56 Å². The van der Waals surface area contributed by atoms with Crippen molar-refractivity contribution in [2.24, 2.45) is 0 Å². The largest absolute Gasteiger partial charge is 0.467 e. The van der Waals surface area contributed by atoms with E-state index >= 15 is 0 Å². The van der Waals surface area contributed by atoms with E-state index in [1.165, 1.54) is 18.9 Å². The molecule has 0 bridgehead atoms. The molecule has 0 atom stereocenters. The summed E-state index contributed by atoms with van der Waals surface area (Å²) in [5, 5.41) is 1.04. The summed E-state index contributed by atoms with van der Waals surface area (Å²) in [6.45, 7) is 2.30. The summed E-state index contributed by atoms with van der Waals surface area (Å²) in [4.78, 5) is 29.1. The van der Waals surface area contributed by atoms with Crippen molar-refractivity contribution in [3.05, 3.63) is 58.3 Å². The third-order valence-corrected chi connectivity index (χ3v) is 4.37. The van der Waals surface area contributed by atoms with Crippen LogP contribution in [0, 0.1) is 0 Å². The van der Waals surface area contributed by atoms with Gasteiger partial charge in [-0.05, 0) is 36.1 Å². The normalized spacial score (nSPS) is 10.9. The van der Waals surface area contributed by atoms with Gasteiger partial charge in [0.15, 0.2) is 5.16 Å². The van der Waals surface area contributed by atoms with E-state index in [1.807, 2.05) is 13.0 Å². The molecule has 0 radical (unpaired) electrons. The van der Waals surface area contributed by atoms with Crippen LogP contribution in [0.4, 0.5) is 0 Å². The number of benzene rings is 1. The van der Waals surface area contributed by atoms with Crippen LogP contribution in [-0.4, -0.2) is 28.4 Å². The fraction of sp³-hybridized carbons (Fsp3) is 0.235. The lowest BCUT2D eigenvalue weighted by Crippen LogP contribution is -2.24. The third kappa shape index (κ3) is 3.07. The van der Waals surface area contributed by atoms with Crippen molar-refractivity contribution in [1.29, 1.82) is 0 Å². The lowest BCUT2D eigenvalue weighted by atomic mass is 10.1. The number of aromatic nitrogens is 2. The van der Waals surface area contributed by atoms with E-state index < -0.39 is 5.97 Å². The van der Waals surface area contributed by atoms with Gasteiger partial charge in [-0.3, -0.25) is 9.36 Å². The van der Waals surface area contributed by atoms with Crippen LogP contribution in [0.2, 0.25) is 0 Å². The van der Waals surface area contributed by atoms with E-state index in [4.69, 9.17) is 9.15 Å². The number of methoxy groups -OCH3 is 1. The highest BCUT2D eigenvalue weighted by molar-refractivity contribution is 7.99. The van der Waals surface area contributed by atoms with Crippen molar-refractivity contribution in [3.8, 4) is 0 Å². The minimum Gasteiger partial charge on any atom is -0.467 e. The van der Waals surface area contributed by atoms with Gasteiger partial charge in [0.1, 0.15) is 5.76 Å². The number of hydrogen-bond acceptors (Lipinski definition) is 6. The maximum atomic E-state index is 12.9. The van der Waals surface area contributed by atoms with Crippen molar-refractivity contribution < 1.29 is 13.9 Å². The SMILES string of the molecule is CCSc1nc2cc(C(=O)OC)ccc2c(=O)n1Cc1ccco1. The molecule has 0 amide bonds. The topological polar surface area (TPSA) is 74.3 Å². The minimum atomic E-state index is -0.455. The Labute approximate surface area is 142 Å². The molecule has 124 valence electrons. The first-order valence-electron chi connectivity index (χ1n) is 7.42. The predicted molar refractivity (Wildman–Crippen MR) is 91.6 cm³/mol. The average Bonchev–Trinajstić information content (AvgIpc) is 3.10. The summed E-state index contributed by atoms with van der Waals surface area (Å²) in [6, 6.07) is 8.36. The summed E-state index contributed by atoms with van der Waals surface area (Å²) < 4.78 is 11.7. The van der Waals surface area contributed by atoms with Crippen LogP contribution in [-0.2, 0) is 11.3 Å². The lowest BCUT2D eigenvalue weighted by molar-refractivity contribution is 0.0601. The van der Waals surface area contributed by atoms with E-state index in [-0.39, 0.29) is 5.56 Å². The number of rotatable bonds is 5. The van der Waals surface area contributed by atoms with Crippen LogP contribution in [0.25, 0.3) is 10.9 Å². The second kappa shape index (κ2) is 6.92. The smallest absolute Gasteiger partial charge is 0.337 e. The van der Waals surface area contributed by atoms with Crippen LogP contribution in [0.15, 0.2) is 51.0 Å². The lowest BCUT2D eigenvalue weighted by Gasteiger charge is -2.12. The van der Waals surface area contributed by atoms with Gasteiger partial charge in [-0.2, -0.15) is 0 Å². The van der Waals surface area contributed by atoms with Gasteiger partial charge < -0.3 is 9.15 Å². The first-order chi connectivity index (χ1) is 11.6. The number of hydrogen-bond donors (Lipinski definition) is 0. The number of esters is 1. The molecule has 2 heterocycles. The number of nitrogens with zero attached hydrogens (tertiary/aromatic N) is 2. The first kappa shape index (κ1) is 16.3. The Morgan fingerprint density at radius 3 is 2.88 bits per heavy atom. The fourth-order valence-electron chi connectivity index (χ4n) is 2.38. The maximum Gasteiger partial charge on any atom is 0.337 e. The molecule has 0 saturated carbocycles. The van der Waals surface area contributed by atoms with Crippen LogP contribution >= 0.6 is 11.8 Å². The van der Waals surface area contributed by atoms with Gasteiger partial charge in [-0.1, -0.05) is 18.7 Å². The molecule has 0 saturated heterocycles. The summed E-state index contributed by atoms with van der Waals surface area (Å²) in [7, 11) is 1.32. The molecule has 3 rings (SSSR count).